The monoisotopic (exact) mass is 165 g/mol. The molecule has 0 saturated carbocycles. The standard InChI is InChI=1S/C10H15NO/c1-10(2)7-5-4-6-9(12)11(3)8-10/h6-8H2,1-3H3. The molecule has 0 aliphatic carbocycles. The van der Waals surface area contributed by atoms with Gasteiger partial charge >= 0.3 is 0 Å². The number of nitrogens with zero attached hydrogens (tertiary/aromatic N) is 1. The molecule has 1 rings (SSSR count). The van der Waals surface area contributed by atoms with Gasteiger partial charge in [-0.2, -0.15) is 0 Å². The molecular formula is C10H15NO. The molecule has 1 amide bonds. The summed E-state index contributed by atoms with van der Waals surface area (Å²) in [4.78, 5) is 13.0. The van der Waals surface area contributed by atoms with E-state index in [1.54, 1.807) is 4.90 Å². The van der Waals surface area contributed by atoms with Gasteiger partial charge < -0.3 is 4.90 Å². The summed E-state index contributed by atoms with van der Waals surface area (Å²) in [6.45, 7) is 5.08. The zero-order valence-corrected chi connectivity index (χ0v) is 7.98. The molecule has 0 N–H and O–H groups in total. The predicted octanol–water partition coefficient (Wildman–Crippen LogP) is 1.27. The van der Waals surface area contributed by atoms with Crippen LogP contribution in [0.5, 0.6) is 0 Å². The molecule has 0 bridgehead atoms. The maximum atomic E-state index is 11.3. The van der Waals surface area contributed by atoms with Gasteiger partial charge in [0.2, 0.25) is 5.91 Å². The van der Waals surface area contributed by atoms with Gasteiger partial charge in [-0.3, -0.25) is 4.79 Å². The summed E-state index contributed by atoms with van der Waals surface area (Å²) >= 11 is 0. The first-order valence-corrected chi connectivity index (χ1v) is 4.21. The zero-order valence-electron chi connectivity index (χ0n) is 7.98. The summed E-state index contributed by atoms with van der Waals surface area (Å²) in [5.74, 6) is 6.05. The second-order valence-corrected chi connectivity index (χ2v) is 4.12. The van der Waals surface area contributed by atoms with E-state index < -0.39 is 0 Å². The van der Waals surface area contributed by atoms with E-state index in [1.807, 2.05) is 7.05 Å². The topological polar surface area (TPSA) is 20.3 Å². The van der Waals surface area contributed by atoms with Gasteiger partial charge in [0.25, 0.3) is 0 Å². The highest BCUT2D eigenvalue weighted by Gasteiger charge is 2.22. The van der Waals surface area contributed by atoms with Crippen molar-refractivity contribution < 1.29 is 4.79 Å². The van der Waals surface area contributed by atoms with E-state index in [2.05, 4.69) is 25.7 Å². The fourth-order valence-corrected chi connectivity index (χ4v) is 1.36. The molecule has 0 aromatic carbocycles. The maximum absolute atomic E-state index is 11.3. The Labute approximate surface area is 73.9 Å². The van der Waals surface area contributed by atoms with Crippen LogP contribution < -0.4 is 0 Å². The van der Waals surface area contributed by atoms with Crippen LogP contribution in [0, 0.1) is 17.3 Å². The largest absolute Gasteiger partial charge is 0.344 e. The van der Waals surface area contributed by atoms with Crippen LogP contribution in [0.2, 0.25) is 0 Å². The molecule has 0 fully saturated rings. The normalized spacial score (nSPS) is 22.2. The van der Waals surface area contributed by atoms with Crippen LogP contribution in [0.25, 0.3) is 0 Å². The smallest absolute Gasteiger partial charge is 0.234 e. The SMILES string of the molecule is CN1CC(C)(C)CC#CCC1=O. The van der Waals surface area contributed by atoms with E-state index in [1.165, 1.54) is 0 Å². The summed E-state index contributed by atoms with van der Waals surface area (Å²) < 4.78 is 0. The minimum atomic E-state index is 0.135. The van der Waals surface area contributed by atoms with Gasteiger partial charge in [0.1, 0.15) is 0 Å². The van der Waals surface area contributed by atoms with Gasteiger partial charge in [0.05, 0.1) is 6.42 Å². The first-order chi connectivity index (χ1) is 5.51. The van der Waals surface area contributed by atoms with E-state index in [0.717, 1.165) is 13.0 Å². The van der Waals surface area contributed by atoms with E-state index in [4.69, 9.17) is 0 Å². The van der Waals surface area contributed by atoms with Crippen molar-refractivity contribution in [1.29, 1.82) is 0 Å². The Morgan fingerprint density at radius 2 is 2.08 bits per heavy atom. The Hall–Kier alpha value is -0.970. The molecule has 0 aromatic rings. The second kappa shape index (κ2) is 3.18. The van der Waals surface area contributed by atoms with Crippen molar-refractivity contribution in [2.45, 2.75) is 26.7 Å². The predicted molar refractivity (Wildman–Crippen MR) is 48.4 cm³/mol. The van der Waals surface area contributed by atoms with Crippen LogP contribution in [0.1, 0.15) is 26.7 Å². The third kappa shape index (κ3) is 2.27. The molecule has 1 heterocycles. The van der Waals surface area contributed by atoms with Gasteiger partial charge in [0.15, 0.2) is 0 Å². The average Bonchev–Trinajstić information content (AvgIpc) is 1.95. The Kier molecular flexibility index (Phi) is 2.42. The lowest BCUT2D eigenvalue weighted by Crippen LogP contribution is -2.36. The highest BCUT2D eigenvalue weighted by Crippen LogP contribution is 2.21. The van der Waals surface area contributed by atoms with Crippen molar-refractivity contribution in [3.8, 4) is 11.8 Å². The van der Waals surface area contributed by atoms with Gasteiger partial charge in [-0.1, -0.05) is 19.8 Å². The lowest BCUT2D eigenvalue weighted by molar-refractivity contribution is -0.130. The highest BCUT2D eigenvalue weighted by molar-refractivity contribution is 5.78. The van der Waals surface area contributed by atoms with Crippen molar-refractivity contribution in [3.63, 3.8) is 0 Å². The fraction of sp³-hybridized carbons (Fsp3) is 0.700. The van der Waals surface area contributed by atoms with Gasteiger partial charge in [-0.15, -0.1) is 5.92 Å². The summed E-state index contributed by atoms with van der Waals surface area (Å²) in [5.41, 5.74) is 0.137. The molecule has 0 aromatic heterocycles. The van der Waals surface area contributed by atoms with Gasteiger partial charge in [-0.05, 0) is 5.41 Å². The Balaban J connectivity index is 2.77. The first kappa shape index (κ1) is 9.12. The number of rotatable bonds is 0. The van der Waals surface area contributed by atoms with Crippen molar-refractivity contribution in [1.82, 2.24) is 4.90 Å². The minimum absolute atomic E-state index is 0.135. The second-order valence-electron chi connectivity index (χ2n) is 4.12. The van der Waals surface area contributed by atoms with Crippen LogP contribution in [0.3, 0.4) is 0 Å². The molecule has 1 aliphatic heterocycles. The van der Waals surface area contributed by atoms with Crippen molar-refractivity contribution in [3.05, 3.63) is 0 Å². The van der Waals surface area contributed by atoms with Crippen molar-refractivity contribution in [2.24, 2.45) is 5.41 Å². The number of hydrogen-bond acceptors (Lipinski definition) is 1. The number of carbonyl (C=O) groups excluding carboxylic acids is 1. The van der Waals surface area contributed by atoms with Crippen molar-refractivity contribution in [2.75, 3.05) is 13.6 Å². The average molecular weight is 165 g/mol. The molecule has 0 saturated heterocycles. The molecule has 0 unspecified atom stereocenters. The molecule has 0 radical (unpaired) electrons. The number of carbonyl (C=O) groups is 1. The van der Waals surface area contributed by atoms with Crippen LogP contribution in [-0.2, 0) is 4.79 Å². The van der Waals surface area contributed by atoms with Gasteiger partial charge in [0, 0.05) is 20.0 Å². The van der Waals surface area contributed by atoms with Gasteiger partial charge in [-0.25, -0.2) is 0 Å². The molecule has 66 valence electrons. The summed E-state index contributed by atoms with van der Waals surface area (Å²) in [6, 6.07) is 0. The summed E-state index contributed by atoms with van der Waals surface area (Å²) in [5, 5.41) is 0. The lowest BCUT2D eigenvalue weighted by atomic mass is 9.88. The van der Waals surface area contributed by atoms with E-state index in [9.17, 15) is 4.79 Å². The minimum Gasteiger partial charge on any atom is -0.344 e. The lowest BCUT2D eigenvalue weighted by Gasteiger charge is -2.29. The molecule has 2 heteroatoms. The van der Waals surface area contributed by atoms with E-state index >= 15 is 0 Å². The quantitative estimate of drug-likeness (QED) is 0.495. The maximum Gasteiger partial charge on any atom is 0.234 e. The Morgan fingerprint density at radius 3 is 2.75 bits per heavy atom. The molecule has 1 aliphatic rings. The Morgan fingerprint density at radius 1 is 1.42 bits per heavy atom. The molecule has 2 nitrogen and oxygen atoms in total. The Bertz CT molecular complexity index is 244. The highest BCUT2D eigenvalue weighted by atomic mass is 16.2. The molecule has 12 heavy (non-hydrogen) atoms. The molecule has 0 atom stereocenters. The van der Waals surface area contributed by atoms with Crippen LogP contribution in [0.15, 0.2) is 0 Å². The zero-order chi connectivity index (χ0) is 9.19. The molecular weight excluding hydrogens is 150 g/mol. The third-order valence-electron chi connectivity index (χ3n) is 2.02. The van der Waals surface area contributed by atoms with Crippen LogP contribution in [0.4, 0.5) is 0 Å². The van der Waals surface area contributed by atoms with E-state index in [0.29, 0.717) is 6.42 Å². The molecule has 0 spiro atoms. The van der Waals surface area contributed by atoms with Crippen LogP contribution >= 0.6 is 0 Å². The summed E-state index contributed by atoms with van der Waals surface area (Å²) in [6.07, 6.45) is 1.26. The fourth-order valence-electron chi connectivity index (χ4n) is 1.36. The third-order valence-corrected chi connectivity index (χ3v) is 2.02. The summed E-state index contributed by atoms with van der Waals surface area (Å²) in [7, 11) is 1.84. The van der Waals surface area contributed by atoms with Crippen molar-refractivity contribution >= 4 is 5.91 Å². The first-order valence-electron chi connectivity index (χ1n) is 4.21. The number of amides is 1. The number of hydrogen-bond donors (Lipinski definition) is 0. The van der Waals surface area contributed by atoms with Crippen LogP contribution in [-0.4, -0.2) is 24.4 Å². The van der Waals surface area contributed by atoms with E-state index in [-0.39, 0.29) is 11.3 Å².